The summed E-state index contributed by atoms with van der Waals surface area (Å²) in [6.07, 6.45) is -0.644. The van der Waals surface area contributed by atoms with E-state index < -0.39 is 23.2 Å². The molecule has 1 N–H and O–H groups in total. The Morgan fingerprint density at radius 1 is 0.784 bits per heavy atom. The van der Waals surface area contributed by atoms with Crippen LogP contribution in [-0.4, -0.2) is 57.5 Å². The molecule has 0 spiro atoms. The minimum Gasteiger partial charge on any atom is -0.493 e. The number of methoxy groups -OCH3 is 4. The first-order chi connectivity index (χ1) is 24.5. The highest BCUT2D eigenvalue weighted by Crippen LogP contribution is 2.44. The Labute approximate surface area is 295 Å². The van der Waals surface area contributed by atoms with E-state index in [0.29, 0.717) is 50.9 Å². The Balaban J connectivity index is 1.78. The molecule has 51 heavy (non-hydrogen) atoms. The summed E-state index contributed by atoms with van der Waals surface area (Å²) in [6, 6.07) is 24.5. The molecule has 0 saturated carbocycles. The Hall–Kier alpha value is -6.01. The van der Waals surface area contributed by atoms with Crippen LogP contribution in [0.5, 0.6) is 23.0 Å². The van der Waals surface area contributed by atoms with E-state index in [9.17, 15) is 14.4 Å². The number of esters is 1. The minimum atomic E-state index is -0.833. The van der Waals surface area contributed by atoms with Gasteiger partial charge in [-0.2, -0.15) is 0 Å². The van der Waals surface area contributed by atoms with Crippen LogP contribution < -0.4 is 29.8 Å². The highest BCUT2D eigenvalue weighted by Gasteiger charge is 2.28. The second-order valence-electron chi connectivity index (χ2n) is 12.3. The lowest BCUT2D eigenvalue weighted by Gasteiger charge is -2.21. The second kappa shape index (κ2) is 15.7. The van der Waals surface area contributed by atoms with Crippen molar-refractivity contribution >= 4 is 28.5 Å². The van der Waals surface area contributed by atoms with E-state index in [1.807, 2.05) is 30.3 Å². The second-order valence-corrected chi connectivity index (χ2v) is 12.3. The van der Waals surface area contributed by atoms with Crippen molar-refractivity contribution in [3.8, 4) is 39.8 Å². The quantitative estimate of drug-likeness (QED) is 0.104. The summed E-state index contributed by atoms with van der Waals surface area (Å²) in [7, 11) is 5.84. The zero-order valence-electron chi connectivity index (χ0n) is 29.5. The van der Waals surface area contributed by atoms with Gasteiger partial charge in [0.1, 0.15) is 23.7 Å². The van der Waals surface area contributed by atoms with Gasteiger partial charge in [-0.25, -0.2) is 9.59 Å². The van der Waals surface area contributed by atoms with Crippen LogP contribution in [0.3, 0.4) is 0 Å². The summed E-state index contributed by atoms with van der Waals surface area (Å²) in [5, 5.41) is 3.37. The van der Waals surface area contributed by atoms with Gasteiger partial charge in [-0.3, -0.25) is 14.7 Å². The molecule has 12 nitrogen and oxygen atoms in total. The number of nitrogens with one attached hydrogen (secondary N) is 1. The number of hydrogen-bond donors (Lipinski definition) is 1. The van der Waals surface area contributed by atoms with Crippen LogP contribution in [-0.2, 0) is 20.8 Å². The molecule has 1 amide bonds. The van der Waals surface area contributed by atoms with Crippen LogP contribution in [0.2, 0.25) is 0 Å². The molecule has 266 valence electrons. The molecule has 0 atom stereocenters. The van der Waals surface area contributed by atoms with Crippen LogP contribution in [0.25, 0.3) is 27.6 Å². The molecule has 0 aliphatic heterocycles. The van der Waals surface area contributed by atoms with E-state index in [1.165, 1.54) is 33.0 Å². The van der Waals surface area contributed by atoms with Gasteiger partial charge in [0, 0.05) is 24.0 Å². The van der Waals surface area contributed by atoms with Gasteiger partial charge in [0.15, 0.2) is 18.3 Å². The van der Waals surface area contributed by atoms with Crippen molar-refractivity contribution in [2.45, 2.75) is 33.0 Å². The molecule has 0 aliphatic rings. The van der Waals surface area contributed by atoms with Crippen LogP contribution in [0.4, 0.5) is 10.5 Å². The first-order valence-electron chi connectivity index (χ1n) is 15.9. The number of ether oxygens (including phenoxy) is 7. The van der Waals surface area contributed by atoms with Crippen molar-refractivity contribution in [1.29, 1.82) is 0 Å². The number of carbonyl (C=O) groups excluding carboxylic acids is 2. The van der Waals surface area contributed by atoms with Gasteiger partial charge in [-0.15, -0.1) is 0 Å². The van der Waals surface area contributed by atoms with Crippen molar-refractivity contribution in [3.63, 3.8) is 0 Å². The van der Waals surface area contributed by atoms with E-state index in [2.05, 4.69) is 5.32 Å². The summed E-state index contributed by atoms with van der Waals surface area (Å²) < 4.78 is 40.1. The first-order valence-corrected chi connectivity index (χ1v) is 15.9. The Morgan fingerprint density at radius 3 is 2.04 bits per heavy atom. The largest absolute Gasteiger partial charge is 0.493 e. The fourth-order valence-corrected chi connectivity index (χ4v) is 5.46. The fraction of sp³-hybridized carbons (Fsp3) is 0.256. The maximum atomic E-state index is 14.6. The monoisotopic (exact) mass is 696 g/mol. The molecule has 0 unspecified atom stereocenters. The Bertz CT molecular complexity index is 2060. The molecule has 0 radical (unpaired) electrons. The molecular weight excluding hydrogens is 656 g/mol. The van der Waals surface area contributed by atoms with E-state index in [-0.39, 0.29) is 24.5 Å². The van der Waals surface area contributed by atoms with E-state index >= 15 is 0 Å². The van der Waals surface area contributed by atoms with E-state index in [1.54, 1.807) is 75.4 Å². The zero-order chi connectivity index (χ0) is 36.7. The van der Waals surface area contributed by atoms with Crippen molar-refractivity contribution < 1.29 is 42.7 Å². The molecule has 5 rings (SSSR count). The highest BCUT2D eigenvalue weighted by molar-refractivity contribution is 6.08. The average Bonchev–Trinajstić information content (AvgIpc) is 3.12. The molecule has 1 heterocycles. The molecule has 0 aliphatic carbocycles. The standard InChI is InChI=1S/C39H40N2O10/c1-39(2,3)51-38(44)40-26-13-15-27(16-14-26)41-34(37(43)50-23-45-4)33(25-19-31(46-5)35(48-7)32(20-25)47-6)29-18-17-28(21-30(29)36(41)42)49-22-24-11-9-8-10-12-24/h8-21H,22-23H2,1-7H3,(H,40,44). The SMILES string of the molecule is COCOC(=O)c1c(-c2cc(OC)c(OC)c(OC)c2)c2ccc(OCc3ccccc3)cc2c(=O)n1-c1ccc(NC(=O)OC(C)(C)C)cc1. The third-order valence-electron chi connectivity index (χ3n) is 7.63. The summed E-state index contributed by atoms with van der Waals surface area (Å²) >= 11 is 0. The van der Waals surface area contributed by atoms with Gasteiger partial charge in [0.2, 0.25) is 5.75 Å². The number of fused-ring (bicyclic) bond motifs is 1. The Morgan fingerprint density at radius 2 is 1.45 bits per heavy atom. The molecule has 0 fully saturated rings. The molecular formula is C39H40N2O10. The average molecular weight is 697 g/mol. The Kier molecular flexibility index (Phi) is 11.2. The van der Waals surface area contributed by atoms with Crippen molar-refractivity contribution in [1.82, 2.24) is 4.57 Å². The van der Waals surface area contributed by atoms with Gasteiger partial charge in [-0.05, 0) is 91.9 Å². The van der Waals surface area contributed by atoms with Gasteiger partial charge >= 0.3 is 12.1 Å². The minimum absolute atomic E-state index is 0.0929. The number of nitrogens with zero attached hydrogens (tertiary/aromatic N) is 1. The molecule has 1 aromatic heterocycles. The van der Waals surface area contributed by atoms with Gasteiger partial charge in [0.05, 0.1) is 26.7 Å². The number of hydrogen-bond acceptors (Lipinski definition) is 10. The van der Waals surface area contributed by atoms with Crippen LogP contribution >= 0.6 is 0 Å². The lowest BCUT2D eigenvalue weighted by Crippen LogP contribution is -2.28. The predicted molar refractivity (Wildman–Crippen MR) is 193 cm³/mol. The van der Waals surface area contributed by atoms with Crippen LogP contribution in [0, 0.1) is 0 Å². The fourth-order valence-electron chi connectivity index (χ4n) is 5.46. The molecule has 12 heteroatoms. The number of aromatic nitrogens is 1. The lowest BCUT2D eigenvalue weighted by atomic mass is 9.95. The van der Waals surface area contributed by atoms with Crippen molar-refractivity contribution in [2.24, 2.45) is 0 Å². The van der Waals surface area contributed by atoms with Crippen molar-refractivity contribution in [3.05, 3.63) is 107 Å². The normalized spacial score (nSPS) is 11.1. The summed E-state index contributed by atoms with van der Waals surface area (Å²) in [6.45, 7) is 5.18. The molecule has 0 bridgehead atoms. The number of anilines is 1. The topological polar surface area (TPSA) is 133 Å². The van der Waals surface area contributed by atoms with E-state index in [4.69, 9.17) is 33.2 Å². The smallest absolute Gasteiger partial charge is 0.412 e. The predicted octanol–water partition coefficient (Wildman–Crippen LogP) is 7.37. The third kappa shape index (κ3) is 8.25. The van der Waals surface area contributed by atoms with Gasteiger partial charge in [-0.1, -0.05) is 30.3 Å². The van der Waals surface area contributed by atoms with Gasteiger partial charge in [0.25, 0.3) is 5.56 Å². The summed E-state index contributed by atoms with van der Waals surface area (Å²) in [4.78, 5) is 41.1. The number of benzene rings is 4. The lowest BCUT2D eigenvalue weighted by molar-refractivity contribution is -0.0131. The molecule has 5 aromatic rings. The van der Waals surface area contributed by atoms with Crippen LogP contribution in [0.15, 0.2) is 89.7 Å². The number of rotatable bonds is 12. The number of pyridine rings is 1. The zero-order valence-corrected chi connectivity index (χ0v) is 29.5. The number of carbonyl (C=O) groups is 2. The van der Waals surface area contributed by atoms with Crippen molar-refractivity contribution in [2.75, 3.05) is 40.5 Å². The third-order valence-corrected chi connectivity index (χ3v) is 7.63. The maximum Gasteiger partial charge on any atom is 0.412 e. The maximum absolute atomic E-state index is 14.6. The first kappa shape index (κ1) is 36.3. The summed E-state index contributed by atoms with van der Waals surface area (Å²) in [5.41, 5.74) is 1.16. The van der Waals surface area contributed by atoms with E-state index in [0.717, 1.165) is 5.56 Å². The van der Waals surface area contributed by atoms with Crippen LogP contribution in [0.1, 0.15) is 36.8 Å². The molecule has 0 saturated heterocycles. The molecule has 4 aromatic carbocycles. The summed E-state index contributed by atoms with van der Waals surface area (Å²) in [5.74, 6) is 0.607. The highest BCUT2D eigenvalue weighted by atomic mass is 16.7. The van der Waals surface area contributed by atoms with Gasteiger partial charge < -0.3 is 33.2 Å². The number of amides is 1.